The minimum atomic E-state index is -0.0853. The van der Waals surface area contributed by atoms with Gasteiger partial charge in [-0.15, -0.1) is 0 Å². The lowest BCUT2D eigenvalue weighted by Crippen LogP contribution is -2.24. The van der Waals surface area contributed by atoms with Gasteiger partial charge in [-0.05, 0) is 31.0 Å². The molecule has 0 saturated carbocycles. The zero-order valence-corrected chi connectivity index (χ0v) is 11.1. The first-order valence-electron chi connectivity index (χ1n) is 6.42. The minimum absolute atomic E-state index is 0.0853. The highest BCUT2D eigenvalue weighted by atomic mass is 16.5. The van der Waals surface area contributed by atoms with Crippen LogP contribution >= 0.6 is 0 Å². The summed E-state index contributed by atoms with van der Waals surface area (Å²) in [4.78, 5) is 19.5. The van der Waals surface area contributed by atoms with Gasteiger partial charge in [-0.25, -0.2) is 4.98 Å². The van der Waals surface area contributed by atoms with Crippen molar-refractivity contribution in [3.05, 3.63) is 50.9 Å². The number of nitrogens with one attached hydrogen (secondary N) is 1. The number of H-pyrrole nitrogens is 1. The van der Waals surface area contributed by atoms with Gasteiger partial charge in [0.15, 0.2) is 0 Å². The van der Waals surface area contributed by atoms with E-state index in [0.29, 0.717) is 31.0 Å². The number of benzene rings is 1. The molecular formula is C15H16N2O2. The molecule has 1 aliphatic rings. The number of fused-ring (bicyclic) bond motifs is 1. The molecule has 0 aliphatic carbocycles. The summed E-state index contributed by atoms with van der Waals surface area (Å²) in [6, 6.07) is 6.10. The lowest BCUT2D eigenvalue weighted by molar-refractivity contribution is 0.108. The monoisotopic (exact) mass is 256 g/mol. The fraction of sp³-hybridized carbons (Fsp3) is 0.333. The second-order valence-corrected chi connectivity index (χ2v) is 4.94. The molecule has 0 saturated heterocycles. The number of nitrogens with zero attached hydrogens (tertiary/aromatic N) is 1. The summed E-state index contributed by atoms with van der Waals surface area (Å²) in [6.45, 7) is 5.13. The first-order valence-corrected chi connectivity index (χ1v) is 6.42. The minimum Gasteiger partial charge on any atom is -0.376 e. The van der Waals surface area contributed by atoms with Crippen molar-refractivity contribution in [1.29, 1.82) is 0 Å². The average molecular weight is 256 g/mol. The predicted molar refractivity (Wildman–Crippen MR) is 73.1 cm³/mol. The van der Waals surface area contributed by atoms with Crippen molar-refractivity contribution in [3.63, 3.8) is 0 Å². The molecule has 0 amide bonds. The van der Waals surface area contributed by atoms with E-state index in [1.54, 1.807) is 0 Å². The van der Waals surface area contributed by atoms with Gasteiger partial charge >= 0.3 is 0 Å². The molecule has 2 aromatic rings. The molecule has 2 heterocycles. The quantitative estimate of drug-likeness (QED) is 0.850. The van der Waals surface area contributed by atoms with Crippen LogP contribution in [0.2, 0.25) is 0 Å². The summed E-state index contributed by atoms with van der Waals surface area (Å²) in [5.41, 5.74) is 4.83. The van der Waals surface area contributed by atoms with Crippen LogP contribution in [0.3, 0.4) is 0 Å². The normalized spacial score (nSPS) is 14.2. The van der Waals surface area contributed by atoms with Crippen LogP contribution in [0.25, 0.3) is 11.4 Å². The van der Waals surface area contributed by atoms with Gasteiger partial charge < -0.3 is 9.72 Å². The molecule has 0 spiro atoms. The lowest BCUT2D eigenvalue weighted by atomic mass is 10.1. The van der Waals surface area contributed by atoms with E-state index in [0.717, 1.165) is 11.3 Å². The molecule has 19 heavy (non-hydrogen) atoms. The van der Waals surface area contributed by atoms with Gasteiger partial charge in [-0.3, -0.25) is 4.79 Å². The molecule has 1 aliphatic heterocycles. The fourth-order valence-corrected chi connectivity index (χ4v) is 2.27. The van der Waals surface area contributed by atoms with Gasteiger partial charge in [0.05, 0.1) is 24.5 Å². The molecule has 0 radical (unpaired) electrons. The summed E-state index contributed by atoms with van der Waals surface area (Å²) in [6.07, 6.45) is 0.705. The molecule has 0 bridgehead atoms. The summed E-state index contributed by atoms with van der Waals surface area (Å²) in [5.74, 6) is 0.647. The third-order valence-electron chi connectivity index (χ3n) is 3.61. The third kappa shape index (κ3) is 2.19. The molecule has 0 unspecified atom stereocenters. The number of rotatable bonds is 1. The molecule has 98 valence electrons. The smallest absolute Gasteiger partial charge is 0.256 e. The zero-order valence-electron chi connectivity index (χ0n) is 11.1. The maximum absolute atomic E-state index is 12.0. The Morgan fingerprint density at radius 3 is 2.89 bits per heavy atom. The van der Waals surface area contributed by atoms with Crippen molar-refractivity contribution in [2.45, 2.75) is 26.9 Å². The maximum atomic E-state index is 12.0. The number of ether oxygens (including phenoxy) is 1. The summed E-state index contributed by atoms with van der Waals surface area (Å²) < 4.78 is 5.30. The Balaban J connectivity index is 2.12. The maximum Gasteiger partial charge on any atom is 0.256 e. The number of aromatic nitrogens is 2. The molecule has 1 N–H and O–H groups in total. The number of aryl methyl sites for hydroxylation is 2. The Hall–Kier alpha value is -1.94. The van der Waals surface area contributed by atoms with E-state index >= 15 is 0 Å². The summed E-state index contributed by atoms with van der Waals surface area (Å²) in [5, 5.41) is 0. The molecule has 1 aromatic heterocycles. The second-order valence-electron chi connectivity index (χ2n) is 4.94. The van der Waals surface area contributed by atoms with Gasteiger partial charge in [0.2, 0.25) is 0 Å². The van der Waals surface area contributed by atoms with Gasteiger partial charge in [0.25, 0.3) is 5.56 Å². The number of aromatic amines is 1. The van der Waals surface area contributed by atoms with Crippen molar-refractivity contribution < 1.29 is 4.74 Å². The van der Waals surface area contributed by atoms with E-state index in [9.17, 15) is 4.79 Å². The zero-order chi connectivity index (χ0) is 13.4. The van der Waals surface area contributed by atoms with Crippen LogP contribution in [0, 0.1) is 13.8 Å². The SMILES string of the molecule is Cc1ccc(-c2nc3c(c(=O)[nH]2)COCC3)cc1C. The van der Waals surface area contributed by atoms with Crippen molar-refractivity contribution in [3.8, 4) is 11.4 Å². The molecule has 3 rings (SSSR count). The highest BCUT2D eigenvalue weighted by Crippen LogP contribution is 2.20. The van der Waals surface area contributed by atoms with Crippen LogP contribution in [0.5, 0.6) is 0 Å². The summed E-state index contributed by atoms with van der Waals surface area (Å²) in [7, 11) is 0. The first kappa shape index (κ1) is 12.1. The van der Waals surface area contributed by atoms with Crippen LogP contribution in [-0.2, 0) is 17.8 Å². The van der Waals surface area contributed by atoms with Gasteiger partial charge in [0.1, 0.15) is 5.82 Å². The number of hydrogen-bond acceptors (Lipinski definition) is 3. The van der Waals surface area contributed by atoms with Crippen molar-refractivity contribution in [1.82, 2.24) is 9.97 Å². The van der Waals surface area contributed by atoms with Gasteiger partial charge in [-0.2, -0.15) is 0 Å². The lowest BCUT2D eigenvalue weighted by Gasteiger charge is -2.15. The predicted octanol–water partition coefficient (Wildman–Crippen LogP) is 2.13. The third-order valence-corrected chi connectivity index (χ3v) is 3.61. The summed E-state index contributed by atoms with van der Waals surface area (Å²) >= 11 is 0. The van der Waals surface area contributed by atoms with E-state index in [2.05, 4.69) is 29.9 Å². The Morgan fingerprint density at radius 1 is 1.26 bits per heavy atom. The first-order chi connectivity index (χ1) is 9.15. The molecule has 1 aromatic carbocycles. The molecule has 0 atom stereocenters. The standard InChI is InChI=1S/C15H16N2O2/c1-9-3-4-11(7-10(9)2)14-16-13-5-6-19-8-12(13)15(18)17-14/h3-4,7H,5-6,8H2,1-2H3,(H,16,17,18). The molecular weight excluding hydrogens is 240 g/mol. The van der Waals surface area contributed by atoms with E-state index < -0.39 is 0 Å². The van der Waals surface area contributed by atoms with E-state index in [-0.39, 0.29) is 5.56 Å². The molecule has 0 fully saturated rings. The van der Waals surface area contributed by atoms with E-state index in [4.69, 9.17) is 4.74 Å². The van der Waals surface area contributed by atoms with Crippen LogP contribution in [0.1, 0.15) is 22.4 Å². The van der Waals surface area contributed by atoms with E-state index in [1.807, 2.05) is 12.1 Å². The molecule has 4 heteroatoms. The Labute approximate surface area is 111 Å². The van der Waals surface area contributed by atoms with Crippen molar-refractivity contribution in [2.24, 2.45) is 0 Å². The molecule has 4 nitrogen and oxygen atoms in total. The average Bonchev–Trinajstić information content (AvgIpc) is 2.42. The van der Waals surface area contributed by atoms with Crippen LogP contribution in [0.15, 0.2) is 23.0 Å². The topological polar surface area (TPSA) is 55.0 Å². The van der Waals surface area contributed by atoms with E-state index in [1.165, 1.54) is 11.1 Å². The van der Waals surface area contributed by atoms with Crippen LogP contribution in [-0.4, -0.2) is 16.6 Å². The van der Waals surface area contributed by atoms with Crippen molar-refractivity contribution in [2.75, 3.05) is 6.61 Å². The van der Waals surface area contributed by atoms with Crippen LogP contribution < -0.4 is 5.56 Å². The Kier molecular flexibility index (Phi) is 2.95. The number of hydrogen-bond donors (Lipinski definition) is 1. The second kappa shape index (κ2) is 4.63. The van der Waals surface area contributed by atoms with Crippen LogP contribution in [0.4, 0.5) is 0 Å². The fourth-order valence-electron chi connectivity index (χ4n) is 2.27. The Morgan fingerprint density at radius 2 is 2.11 bits per heavy atom. The Bertz CT molecular complexity index is 689. The highest BCUT2D eigenvalue weighted by Gasteiger charge is 2.16. The highest BCUT2D eigenvalue weighted by molar-refractivity contribution is 5.57. The van der Waals surface area contributed by atoms with Gasteiger partial charge in [-0.1, -0.05) is 12.1 Å². The van der Waals surface area contributed by atoms with Gasteiger partial charge in [0, 0.05) is 12.0 Å². The largest absolute Gasteiger partial charge is 0.376 e. The van der Waals surface area contributed by atoms with Crippen molar-refractivity contribution >= 4 is 0 Å².